The maximum atomic E-state index is 5.77. The number of unbranched alkanes of at least 4 members (excludes halogenated alkanes) is 1. The van der Waals surface area contributed by atoms with Crippen LogP contribution in [-0.4, -0.2) is 0 Å². The molecule has 1 rings (SSSR count). The highest BCUT2D eigenvalue weighted by Gasteiger charge is 1.92. The largest absolute Gasteiger partial charge is 0.0837 e. The fraction of sp³-hybridized carbons (Fsp3) is 0.400. The van der Waals surface area contributed by atoms with E-state index < -0.39 is 0 Å². The van der Waals surface area contributed by atoms with Crippen LogP contribution in [0.5, 0.6) is 0 Å². The molecule has 0 amide bonds. The van der Waals surface area contributed by atoms with Gasteiger partial charge in [0.15, 0.2) is 0 Å². The lowest BCUT2D eigenvalue weighted by Crippen LogP contribution is -1.83. The predicted octanol–water partition coefficient (Wildman–Crippen LogP) is 3.48. The lowest BCUT2D eigenvalue weighted by Gasteiger charge is -1.97. The first kappa shape index (κ1) is 8.61. The van der Waals surface area contributed by atoms with E-state index in [9.17, 15) is 0 Å². The van der Waals surface area contributed by atoms with Gasteiger partial charge in [0.05, 0.1) is 0 Å². The molecule has 0 fully saturated rings. The summed E-state index contributed by atoms with van der Waals surface area (Å²) < 4.78 is 0. The minimum absolute atomic E-state index is 0.721. The van der Waals surface area contributed by atoms with Crippen molar-refractivity contribution in [2.75, 3.05) is 0 Å². The second kappa shape index (κ2) is 4.40. The van der Waals surface area contributed by atoms with Crippen LogP contribution >= 0.6 is 11.6 Å². The molecule has 0 N–H and O–H groups in total. The number of hydrogen-bond acceptors (Lipinski definition) is 0. The molecule has 0 aliphatic carbocycles. The molecule has 1 heteroatoms. The van der Waals surface area contributed by atoms with Crippen LogP contribution in [0.2, 0.25) is 5.02 Å². The standard InChI is InChI=1S/C10H12Cl/c1-2-3-5-9-6-4-7-10(11)8-9/h4,6-7H,2-3,5H2,1H3. The first-order valence-corrected chi connectivity index (χ1v) is 4.37. The zero-order valence-electron chi connectivity index (χ0n) is 6.73. The monoisotopic (exact) mass is 167 g/mol. The van der Waals surface area contributed by atoms with Crippen LogP contribution in [0.25, 0.3) is 0 Å². The molecule has 1 aromatic rings. The van der Waals surface area contributed by atoms with Gasteiger partial charge in [-0.15, -0.1) is 0 Å². The summed E-state index contributed by atoms with van der Waals surface area (Å²) in [4.78, 5) is 0. The van der Waals surface area contributed by atoms with Crippen molar-refractivity contribution >= 4 is 11.6 Å². The fourth-order valence-electron chi connectivity index (χ4n) is 0.999. The Balaban J connectivity index is 2.56. The van der Waals surface area contributed by atoms with Gasteiger partial charge < -0.3 is 0 Å². The van der Waals surface area contributed by atoms with Crippen LogP contribution in [0.4, 0.5) is 0 Å². The number of benzene rings is 1. The quantitative estimate of drug-likeness (QED) is 0.647. The van der Waals surface area contributed by atoms with Crippen LogP contribution in [0, 0.1) is 6.07 Å². The third-order valence-electron chi connectivity index (χ3n) is 1.62. The van der Waals surface area contributed by atoms with E-state index in [1.807, 2.05) is 12.1 Å². The smallest absolute Gasteiger partial charge is 0.0487 e. The van der Waals surface area contributed by atoms with Crippen LogP contribution < -0.4 is 0 Å². The molecule has 0 unspecified atom stereocenters. The molecule has 0 saturated heterocycles. The first-order chi connectivity index (χ1) is 5.33. The highest BCUT2D eigenvalue weighted by atomic mass is 35.5. The van der Waals surface area contributed by atoms with Gasteiger partial charge in [-0.2, -0.15) is 0 Å². The van der Waals surface area contributed by atoms with Crippen molar-refractivity contribution in [3.8, 4) is 0 Å². The van der Waals surface area contributed by atoms with Gasteiger partial charge in [-0.05, 0) is 24.5 Å². The summed E-state index contributed by atoms with van der Waals surface area (Å²) in [6.45, 7) is 2.19. The molecule has 0 atom stereocenters. The summed E-state index contributed by atoms with van der Waals surface area (Å²) in [5, 5.41) is 0.721. The van der Waals surface area contributed by atoms with Crippen molar-refractivity contribution in [3.63, 3.8) is 0 Å². The van der Waals surface area contributed by atoms with Gasteiger partial charge in [0.25, 0.3) is 0 Å². The van der Waals surface area contributed by atoms with Crippen molar-refractivity contribution in [3.05, 3.63) is 34.9 Å². The maximum absolute atomic E-state index is 5.77. The van der Waals surface area contributed by atoms with Crippen LogP contribution in [-0.2, 0) is 6.42 Å². The number of hydrogen-bond donors (Lipinski definition) is 0. The predicted molar refractivity (Wildman–Crippen MR) is 48.9 cm³/mol. The average molecular weight is 168 g/mol. The Labute approximate surface area is 73.2 Å². The van der Waals surface area contributed by atoms with Gasteiger partial charge in [0, 0.05) is 11.1 Å². The highest BCUT2D eigenvalue weighted by molar-refractivity contribution is 6.30. The molecule has 0 heterocycles. The summed E-state index contributed by atoms with van der Waals surface area (Å²) >= 11 is 5.77. The van der Waals surface area contributed by atoms with Crippen LogP contribution in [0.15, 0.2) is 18.2 Å². The fourth-order valence-corrected chi connectivity index (χ4v) is 1.19. The summed E-state index contributed by atoms with van der Waals surface area (Å²) in [6, 6.07) is 9.01. The van der Waals surface area contributed by atoms with Crippen LogP contribution in [0.3, 0.4) is 0 Å². The molecule has 0 aliphatic heterocycles. The van der Waals surface area contributed by atoms with E-state index in [-0.39, 0.29) is 0 Å². The Kier molecular flexibility index (Phi) is 3.44. The molecule has 0 nitrogen and oxygen atoms in total. The molecule has 0 aliphatic rings. The molecule has 0 bridgehead atoms. The minimum Gasteiger partial charge on any atom is -0.0837 e. The van der Waals surface area contributed by atoms with E-state index in [0.29, 0.717) is 0 Å². The minimum atomic E-state index is 0.721. The van der Waals surface area contributed by atoms with Gasteiger partial charge in [0.1, 0.15) is 0 Å². The van der Waals surface area contributed by atoms with Gasteiger partial charge >= 0.3 is 0 Å². The summed E-state index contributed by atoms with van der Waals surface area (Å²) in [6.07, 6.45) is 3.54. The van der Waals surface area contributed by atoms with Gasteiger partial charge in [-0.25, -0.2) is 0 Å². The maximum Gasteiger partial charge on any atom is 0.0487 e. The molecule has 59 valence electrons. The molecular weight excluding hydrogens is 156 g/mol. The molecule has 0 saturated carbocycles. The second-order valence-corrected chi connectivity index (χ2v) is 3.03. The van der Waals surface area contributed by atoms with Crippen molar-refractivity contribution in [2.45, 2.75) is 26.2 Å². The first-order valence-electron chi connectivity index (χ1n) is 3.99. The van der Waals surface area contributed by atoms with E-state index in [0.717, 1.165) is 11.4 Å². The molecule has 1 aromatic carbocycles. The third kappa shape index (κ3) is 2.94. The zero-order valence-corrected chi connectivity index (χ0v) is 7.49. The summed E-state index contributed by atoms with van der Waals surface area (Å²) in [5.41, 5.74) is 1.22. The SMILES string of the molecule is CCCCc1[c]c(Cl)ccc1. The highest BCUT2D eigenvalue weighted by Crippen LogP contribution is 2.11. The Hall–Kier alpha value is -0.490. The number of aryl methyl sites for hydroxylation is 1. The Morgan fingerprint density at radius 2 is 2.27 bits per heavy atom. The zero-order chi connectivity index (χ0) is 8.10. The topological polar surface area (TPSA) is 0 Å². The Bertz CT molecular complexity index is 218. The summed E-state index contributed by atoms with van der Waals surface area (Å²) in [7, 11) is 0. The Morgan fingerprint density at radius 1 is 1.45 bits per heavy atom. The second-order valence-electron chi connectivity index (χ2n) is 2.63. The van der Waals surface area contributed by atoms with Crippen molar-refractivity contribution in [1.82, 2.24) is 0 Å². The lowest BCUT2D eigenvalue weighted by molar-refractivity contribution is 0.794. The van der Waals surface area contributed by atoms with E-state index in [2.05, 4.69) is 19.1 Å². The number of halogens is 1. The number of rotatable bonds is 3. The molecule has 0 aromatic heterocycles. The average Bonchev–Trinajstić information content (AvgIpc) is 2.01. The van der Waals surface area contributed by atoms with E-state index >= 15 is 0 Å². The van der Waals surface area contributed by atoms with E-state index in [1.54, 1.807) is 0 Å². The molecule has 11 heavy (non-hydrogen) atoms. The van der Waals surface area contributed by atoms with Gasteiger partial charge in [-0.1, -0.05) is 37.1 Å². The Morgan fingerprint density at radius 3 is 2.91 bits per heavy atom. The third-order valence-corrected chi connectivity index (χ3v) is 1.84. The summed E-state index contributed by atoms with van der Waals surface area (Å²) in [5.74, 6) is 0. The van der Waals surface area contributed by atoms with Crippen molar-refractivity contribution < 1.29 is 0 Å². The van der Waals surface area contributed by atoms with Gasteiger partial charge in [-0.3, -0.25) is 0 Å². The molecule has 1 radical (unpaired) electrons. The van der Waals surface area contributed by atoms with E-state index in [1.165, 1.54) is 18.4 Å². The van der Waals surface area contributed by atoms with Crippen molar-refractivity contribution in [1.29, 1.82) is 0 Å². The normalized spacial score (nSPS) is 10.0. The molecule has 0 spiro atoms. The van der Waals surface area contributed by atoms with Gasteiger partial charge in [0.2, 0.25) is 0 Å². The van der Waals surface area contributed by atoms with Crippen molar-refractivity contribution in [2.24, 2.45) is 0 Å². The van der Waals surface area contributed by atoms with E-state index in [4.69, 9.17) is 11.6 Å². The molecular formula is C10H12Cl. The lowest BCUT2D eigenvalue weighted by atomic mass is 10.1. The van der Waals surface area contributed by atoms with Crippen LogP contribution in [0.1, 0.15) is 25.3 Å².